The van der Waals surface area contributed by atoms with Crippen molar-refractivity contribution in [2.75, 3.05) is 37.8 Å². The first-order valence-electron chi connectivity index (χ1n) is 6.91. The maximum Gasteiger partial charge on any atom is 0.145 e. The van der Waals surface area contributed by atoms with Crippen molar-refractivity contribution in [3.8, 4) is 5.75 Å². The Kier molecular flexibility index (Phi) is 7.20. The van der Waals surface area contributed by atoms with Gasteiger partial charge in [-0.15, -0.1) is 0 Å². The molecule has 0 saturated carbocycles. The van der Waals surface area contributed by atoms with Gasteiger partial charge in [-0.05, 0) is 36.0 Å². The molecule has 0 bridgehead atoms. The molecule has 1 aliphatic heterocycles. The summed E-state index contributed by atoms with van der Waals surface area (Å²) in [4.78, 5) is 0. The van der Waals surface area contributed by atoms with Gasteiger partial charge in [-0.25, -0.2) is 0 Å². The molecule has 0 aliphatic carbocycles. The number of fused-ring (bicyclic) bond motifs is 1. The number of aliphatic hydroxyl groups excluding tert-OH is 1. The van der Waals surface area contributed by atoms with Crippen LogP contribution in [0.1, 0.15) is 12.0 Å². The van der Waals surface area contributed by atoms with Crippen LogP contribution in [-0.4, -0.2) is 42.9 Å². The molecular formula is C15H19Cl2NO2S. The first kappa shape index (κ1) is 17.0. The zero-order valence-corrected chi connectivity index (χ0v) is 14.0. The predicted molar refractivity (Wildman–Crippen MR) is 91.8 cm³/mol. The summed E-state index contributed by atoms with van der Waals surface area (Å²) >= 11 is 14.0. The van der Waals surface area contributed by atoms with E-state index in [1.54, 1.807) is 6.07 Å². The Hall–Kier alpha value is -0.390. The Morgan fingerprint density at radius 3 is 2.95 bits per heavy atom. The van der Waals surface area contributed by atoms with Crippen molar-refractivity contribution < 1.29 is 9.84 Å². The fraction of sp³-hybridized carbons (Fsp3) is 0.467. The number of hydrogen-bond donors (Lipinski definition) is 2. The molecule has 2 N–H and O–H groups in total. The molecule has 0 aromatic heterocycles. The van der Waals surface area contributed by atoms with Crippen LogP contribution in [0.4, 0.5) is 0 Å². The molecule has 0 spiro atoms. The van der Waals surface area contributed by atoms with Crippen LogP contribution in [-0.2, 0) is 0 Å². The van der Waals surface area contributed by atoms with Crippen LogP contribution in [0.3, 0.4) is 0 Å². The quantitative estimate of drug-likeness (QED) is 0.706. The lowest BCUT2D eigenvalue weighted by molar-refractivity contribution is 0.296. The third-order valence-corrected chi connectivity index (χ3v) is 4.59. The number of ether oxygens (including phenoxy) is 1. The van der Waals surface area contributed by atoms with Crippen molar-refractivity contribution in [2.45, 2.75) is 6.42 Å². The van der Waals surface area contributed by atoms with E-state index in [4.69, 9.17) is 33.0 Å². The van der Waals surface area contributed by atoms with Gasteiger partial charge in [0, 0.05) is 36.0 Å². The van der Waals surface area contributed by atoms with Gasteiger partial charge in [-0.3, -0.25) is 0 Å². The van der Waals surface area contributed by atoms with Gasteiger partial charge in [0.15, 0.2) is 0 Å². The van der Waals surface area contributed by atoms with E-state index in [0.717, 1.165) is 36.6 Å². The summed E-state index contributed by atoms with van der Waals surface area (Å²) in [6.45, 7) is 2.56. The summed E-state index contributed by atoms with van der Waals surface area (Å²) in [6, 6.07) is 3.56. The largest absolute Gasteiger partial charge is 0.487 e. The topological polar surface area (TPSA) is 41.5 Å². The molecule has 21 heavy (non-hydrogen) atoms. The normalized spacial score (nSPS) is 13.6. The Labute approximate surface area is 139 Å². The first-order chi connectivity index (χ1) is 10.2. The van der Waals surface area contributed by atoms with Gasteiger partial charge in [0.05, 0.1) is 5.02 Å². The highest BCUT2D eigenvalue weighted by molar-refractivity contribution is 7.99. The second-order valence-corrected chi connectivity index (χ2v) is 6.83. The number of thioether (sulfide) groups is 1. The molecule has 116 valence electrons. The molecule has 1 aromatic rings. The molecule has 6 heteroatoms. The van der Waals surface area contributed by atoms with E-state index in [2.05, 4.69) is 11.4 Å². The van der Waals surface area contributed by atoms with Crippen molar-refractivity contribution in [2.24, 2.45) is 0 Å². The van der Waals surface area contributed by atoms with Gasteiger partial charge >= 0.3 is 0 Å². The highest BCUT2D eigenvalue weighted by Gasteiger charge is 2.15. The van der Waals surface area contributed by atoms with E-state index in [0.29, 0.717) is 22.4 Å². The standard InChI is InChI=1S/C15H19Cl2NO2S/c16-13-7-12-6-11(10-20-15(12)14(17)8-13)9-18-2-5-21-4-1-3-19/h6-8,18-19H,1-5,9-10H2. The molecule has 3 nitrogen and oxygen atoms in total. The predicted octanol–water partition coefficient (Wildman–Crippen LogP) is 3.47. The number of aliphatic hydroxyl groups is 1. The Morgan fingerprint density at radius 1 is 1.29 bits per heavy atom. The molecule has 2 rings (SSSR count). The Morgan fingerprint density at radius 2 is 2.14 bits per heavy atom. The van der Waals surface area contributed by atoms with Crippen molar-refractivity contribution in [3.63, 3.8) is 0 Å². The maximum absolute atomic E-state index is 8.69. The summed E-state index contributed by atoms with van der Waals surface area (Å²) in [7, 11) is 0. The lowest BCUT2D eigenvalue weighted by Crippen LogP contribution is -2.23. The lowest BCUT2D eigenvalue weighted by Gasteiger charge is -2.19. The van der Waals surface area contributed by atoms with Crippen LogP contribution in [0, 0.1) is 0 Å². The van der Waals surface area contributed by atoms with E-state index in [-0.39, 0.29) is 6.61 Å². The molecule has 1 aromatic carbocycles. The number of rotatable bonds is 8. The number of nitrogens with one attached hydrogen (secondary N) is 1. The summed E-state index contributed by atoms with van der Waals surface area (Å²) < 4.78 is 5.70. The number of benzene rings is 1. The molecule has 1 aliphatic rings. The number of hydrogen-bond acceptors (Lipinski definition) is 4. The number of halogens is 2. The zero-order chi connectivity index (χ0) is 15.1. The first-order valence-corrected chi connectivity index (χ1v) is 8.82. The van der Waals surface area contributed by atoms with Crippen LogP contribution in [0.2, 0.25) is 10.0 Å². The summed E-state index contributed by atoms with van der Waals surface area (Å²) in [5.74, 6) is 2.76. The van der Waals surface area contributed by atoms with Crippen LogP contribution in [0.15, 0.2) is 17.7 Å². The van der Waals surface area contributed by atoms with E-state index in [9.17, 15) is 0 Å². The second kappa shape index (κ2) is 8.91. The van der Waals surface area contributed by atoms with Crippen LogP contribution < -0.4 is 10.1 Å². The van der Waals surface area contributed by atoms with Crippen molar-refractivity contribution in [1.82, 2.24) is 5.32 Å². The molecular weight excluding hydrogens is 329 g/mol. The van der Waals surface area contributed by atoms with Gasteiger partial charge in [0.2, 0.25) is 0 Å². The maximum atomic E-state index is 8.69. The average molecular weight is 348 g/mol. The van der Waals surface area contributed by atoms with E-state index >= 15 is 0 Å². The second-order valence-electron chi connectivity index (χ2n) is 4.76. The minimum Gasteiger partial charge on any atom is -0.487 e. The van der Waals surface area contributed by atoms with Crippen LogP contribution >= 0.6 is 35.0 Å². The van der Waals surface area contributed by atoms with E-state index in [1.807, 2.05) is 17.8 Å². The third kappa shape index (κ3) is 5.38. The van der Waals surface area contributed by atoms with Crippen molar-refractivity contribution in [3.05, 3.63) is 33.3 Å². The summed E-state index contributed by atoms with van der Waals surface area (Å²) in [6.07, 6.45) is 2.95. The Bertz CT molecular complexity index is 509. The van der Waals surface area contributed by atoms with Crippen molar-refractivity contribution >= 4 is 41.0 Å². The van der Waals surface area contributed by atoms with Crippen LogP contribution in [0.25, 0.3) is 6.08 Å². The molecule has 0 atom stereocenters. The van der Waals surface area contributed by atoms with Gasteiger partial charge in [-0.1, -0.05) is 23.2 Å². The SMILES string of the molecule is OCCCSCCNCC1=Cc2cc(Cl)cc(Cl)c2OC1. The molecule has 0 radical (unpaired) electrons. The minimum atomic E-state index is 0.273. The third-order valence-electron chi connectivity index (χ3n) is 3.02. The van der Waals surface area contributed by atoms with Gasteiger partial charge in [0.25, 0.3) is 0 Å². The summed E-state index contributed by atoms with van der Waals surface area (Å²) in [5.41, 5.74) is 2.12. The molecule has 0 fully saturated rings. The minimum absolute atomic E-state index is 0.273. The van der Waals surface area contributed by atoms with Gasteiger partial charge < -0.3 is 15.2 Å². The van der Waals surface area contributed by atoms with Crippen LogP contribution in [0.5, 0.6) is 5.75 Å². The fourth-order valence-electron chi connectivity index (χ4n) is 2.03. The molecule has 0 saturated heterocycles. The van der Waals surface area contributed by atoms with Crippen molar-refractivity contribution in [1.29, 1.82) is 0 Å². The average Bonchev–Trinajstić information content (AvgIpc) is 2.45. The van der Waals surface area contributed by atoms with E-state index < -0.39 is 0 Å². The highest BCUT2D eigenvalue weighted by atomic mass is 35.5. The molecule has 0 unspecified atom stereocenters. The summed E-state index contributed by atoms with van der Waals surface area (Å²) in [5, 5.41) is 13.3. The molecule has 1 heterocycles. The van der Waals surface area contributed by atoms with Gasteiger partial charge in [0.1, 0.15) is 12.4 Å². The smallest absolute Gasteiger partial charge is 0.145 e. The van der Waals surface area contributed by atoms with E-state index in [1.165, 1.54) is 5.57 Å². The monoisotopic (exact) mass is 347 g/mol. The fourth-order valence-corrected chi connectivity index (χ4v) is 3.42. The lowest BCUT2D eigenvalue weighted by atomic mass is 10.1. The Balaban J connectivity index is 1.78. The highest BCUT2D eigenvalue weighted by Crippen LogP contribution is 2.36. The molecule has 0 amide bonds. The zero-order valence-electron chi connectivity index (χ0n) is 11.7. The van der Waals surface area contributed by atoms with Gasteiger partial charge in [-0.2, -0.15) is 11.8 Å².